The second kappa shape index (κ2) is 6.99. The van der Waals surface area contributed by atoms with Crippen molar-refractivity contribution in [2.45, 2.75) is 12.8 Å². The SMILES string of the molecule is NCCN1C(=O)/C(=C/CCc2ccc(Cl)cc2)c2ccccc21. The van der Waals surface area contributed by atoms with Gasteiger partial charge in [-0.25, -0.2) is 0 Å². The number of nitrogens with zero attached hydrogens (tertiary/aromatic N) is 1. The van der Waals surface area contributed by atoms with Gasteiger partial charge in [-0.1, -0.05) is 48.0 Å². The summed E-state index contributed by atoms with van der Waals surface area (Å²) in [7, 11) is 0. The van der Waals surface area contributed by atoms with Gasteiger partial charge in [0.2, 0.25) is 0 Å². The molecule has 0 saturated heterocycles. The first-order chi connectivity index (χ1) is 11.2. The lowest BCUT2D eigenvalue weighted by Crippen LogP contribution is -2.31. The van der Waals surface area contributed by atoms with Gasteiger partial charge in [0.05, 0.1) is 5.69 Å². The molecule has 0 radical (unpaired) electrons. The normalized spacial score (nSPS) is 15.3. The van der Waals surface area contributed by atoms with Gasteiger partial charge in [0.25, 0.3) is 5.91 Å². The highest BCUT2D eigenvalue weighted by Crippen LogP contribution is 2.36. The number of rotatable bonds is 5. The molecule has 1 aliphatic heterocycles. The summed E-state index contributed by atoms with van der Waals surface area (Å²) in [5, 5.41) is 0.740. The van der Waals surface area contributed by atoms with Gasteiger partial charge >= 0.3 is 0 Å². The fourth-order valence-corrected chi connectivity index (χ4v) is 3.02. The number of carbonyl (C=O) groups is 1. The van der Waals surface area contributed by atoms with E-state index < -0.39 is 0 Å². The van der Waals surface area contributed by atoms with E-state index >= 15 is 0 Å². The lowest BCUT2D eigenvalue weighted by Gasteiger charge is -2.15. The molecule has 3 rings (SSSR count). The van der Waals surface area contributed by atoms with E-state index in [1.165, 1.54) is 5.56 Å². The summed E-state index contributed by atoms with van der Waals surface area (Å²) >= 11 is 5.90. The molecule has 0 bridgehead atoms. The molecule has 0 spiro atoms. The van der Waals surface area contributed by atoms with E-state index in [1.54, 1.807) is 4.90 Å². The molecule has 2 N–H and O–H groups in total. The molecule has 2 aromatic carbocycles. The predicted octanol–water partition coefficient (Wildman–Crippen LogP) is 3.66. The van der Waals surface area contributed by atoms with Crippen molar-refractivity contribution in [3.05, 3.63) is 70.8 Å². The van der Waals surface area contributed by atoms with Crippen LogP contribution in [0.3, 0.4) is 0 Å². The Labute approximate surface area is 141 Å². The summed E-state index contributed by atoms with van der Waals surface area (Å²) < 4.78 is 0. The first-order valence-corrected chi connectivity index (χ1v) is 8.14. The lowest BCUT2D eigenvalue weighted by atomic mass is 10.0. The minimum absolute atomic E-state index is 0.0488. The fraction of sp³-hybridized carbons (Fsp3) is 0.211. The van der Waals surface area contributed by atoms with E-state index in [4.69, 9.17) is 17.3 Å². The van der Waals surface area contributed by atoms with Crippen molar-refractivity contribution in [1.82, 2.24) is 0 Å². The Kier molecular flexibility index (Phi) is 4.79. The number of anilines is 1. The number of benzene rings is 2. The Bertz CT molecular complexity index is 737. The molecule has 0 aromatic heterocycles. The second-order valence-corrected chi connectivity index (χ2v) is 5.98. The van der Waals surface area contributed by atoms with E-state index in [1.807, 2.05) is 54.6 Å². The number of fused-ring (bicyclic) bond motifs is 1. The van der Waals surface area contributed by atoms with Crippen molar-refractivity contribution in [1.29, 1.82) is 0 Å². The van der Waals surface area contributed by atoms with E-state index in [0.717, 1.165) is 34.7 Å². The maximum atomic E-state index is 12.6. The topological polar surface area (TPSA) is 46.3 Å². The number of nitrogens with two attached hydrogens (primary N) is 1. The molecule has 0 fully saturated rings. The maximum absolute atomic E-state index is 12.6. The summed E-state index contributed by atoms with van der Waals surface area (Å²) in [6, 6.07) is 15.7. The van der Waals surface area contributed by atoms with Crippen LogP contribution in [0.2, 0.25) is 5.02 Å². The Balaban J connectivity index is 1.79. The van der Waals surface area contributed by atoms with Crippen molar-refractivity contribution in [3.63, 3.8) is 0 Å². The van der Waals surface area contributed by atoms with Crippen molar-refractivity contribution in [3.8, 4) is 0 Å². The van der Waals surface area contributed by atoms with Gasteiger partial charge < -0.3 is 10.6 Å². The number of carbonyl (C=O) groups excluding carboxylic acids is 1. The molecular weight excluding hydrogens is 308 g/mol. The van der Waals surface area contributed by atoms with Crippen LogP contribution in [0.15, 0.2) is 54.6 Å². The van der Waals surface area contributed by atoms with Gasteiger partial charge in [-0.3, -0.25) is 4.79 Å². The van der Waals surface area contributed by atoms with Crippen molar-refractivity contribution in [2.24, 2.45) is 5.73 Å². The number of allylic oxidation sites excluding steroid dienone is 1. The van der Waals surface area contributed by atoms with Crippen LogP contribution in [0.5, 0.6) is 0 Å². The first-order valence-electron chi connectivity index (χ1n) is 7.76. The van der Waals surface area contributed by atoms with Crippen LogP contribution in [0.4, 0.5) is 5.69 Å². The van der Waals surface area contributed by atoms with Gasteiger partial charge in [0.1, 0.15) is 0 Å². The molecule has 2 aromatic rings. The van der Waals surface area contributed by atoms with Gasteiger partial charge in [-0.2, -0.15) is 0 Å². The molecular formula is C19H19ClN2O. The van der Waals surface area contributed by atoms with Crippen molar-refractivity contribution in [2.75, 3.05) is 18.0 Å². The molecule has 0 unspecified atom stereocenters. The largest absolute Gasteiger partial charge is 0.329 e. The van der Waals surface area contributed by atoms with Crippen LogP contribution in [0.25, 0.3) is 5.57 Å². The highest BCUT2D eigenvalue weighted by atomic mass is 35.5. The smallest absolute Gasteiger partial charge is 0.258 e. The average Bonchev–Trinajstić information content (AvgIpc) is 2.83. The summed E-state index contributed by atoms with van der Waals surface area (Å²) in [5.41, 5.74) is 9.59. The Morgan fingerprint density at radius 3 is 2.57 bits per heavy atom. The molecule has 4 heteroatoms. The highest BCUT2D eigenvalue weighted by molar-refractivity contribution is 6.32. The molecule has 0 saturated carbocycles. The zero-order valence-electron chi connectivity index (χ0n) is 12.8. The highest BCUT2D eigenvalue weighted by Gasteiger charge is 2.30. The minimum Gasteiger partial charge on any atom is -0.329 e. The van der Waals surface area contributed by atoms with Crippen molar-refractivity contribution >= 4 is 28.8 Å². The Hall–Kier alpha value is -2.10. The number of halogens is 1. The standard InChI is InChI=1S/C19H19ClN2O/c20-15-10-8-14(9-11-15)4-3-6-17-16-5-1-2-7-18(16)22(13-12-21)19(17)23/h1-2,5-11H,3-4,12-13,21H2/b17-6+. The fourth-order valence-electron chi connectivity index (χ4n) is 2.89. The quantitative estimate of drug-likeness (QED) is 0.852. The first kappa shape index (κ1) is 15.8. The zero-order chi connectivity index (χ0) is 16.2. The van der Waals surface area contributed by atoms with Crippen LogP contribution < -0.4 is 10.6 Å². The molecule has 3 nitrogen and oxygen atoms in total. The van der Waals surface area contributed by atoms with Crippen LogP contribution in [0.1, 0.15) is 17.5 Å². The maximum Gasteiger partial charge on any atom is 0.258 e. The monoisotopic (exact) mass is 326 g/mol. The van der Waals surface area contributed by atoms with Gasteiger partial charge in [-0.05, 0) is 36.6 Å². The third kappa shape index (κ3) is 3.31. The zero-order valence-corrected chi connectivity index (χ0v) is 13.6. The third-order valence-electron chi connectivity index (χ3n) is 4.01. The molecule has 0 atom stereocenters. The van der Waals surface area contributed by atoms with E-state index in [2.05, 4.69) is 0 Å². The number of aryl methyl sites for hydroxylation is 1. The van der Waals surface area contributed by atoms with Crippen LogP contribution >= 0.6 is 11.6 Å². The predicted molar refractivity (Wildman–Crippen MR) is 95.6 cm³/mol. The summed E-state index contributed by atoms with van der Waals surface area (Å²) in [6.45, 7) is 1.00. The molecule has 23 heavy (non-hydrogen) atoms. The van der Waals surface area contributed by atoms with Gasteiger partial charge in [-0.15, -0.1) is 0 Å². The number of hydrogen-bond donors (Lipinski definition) is 1. The van der Waals surface area contributed by atoms with E-state index in [9.17, 15) is 4.79 Å². The average molecular weight is 327 g/mol. The van der Waals surface area contributed by atoms with E-state index in [-0.39, 0.29) is 5.91 Å². The van der Waals surface area contributed by atoms with E-state index in [0.29, 0.717) is 13.1 Å². The van der Waals surface area contributed by atoms with Gasteiger partial charge in [0, 0.05) is 29.2 Å². The summed E-state index contributed by atoms with van der Waals surface area (Å²) in [4.78, 5) is 14.4. The molecule has 1 amide bonds. The summed E-state index contributed by atoms with van der Waals surface area (Å²) in [5.74, 6) is 0.0488. The number of para-hydroxylation sites is 1. The Morgan fingerprint density at radius 1 is 1.09 bits per heavy atom. The minimum atomic E-state index is 0.0488. The van der Waals surface area contributed by atoms with Crippen LogP contribution in [-0.4, -0.2) is 19.0 Å². The molecule has 0 aliphatic carbocycles. The van der Waals surface area contributed by atoms with Crippen molar-refractivity contribution < 1.29 is 4.79 Å². The number of hydrogen-bond acceptors (Lipinski definition) is 2. The van der Waals surface area contributed by atoms with Gasteiger partial charge in [0.15, 0.2) is 0 Å². The molecule has 1 heterocycles. The lowest BCUT2D eigenvalue weighted by molar-refractivity contribution is -0.113. The summed E-state index contributed by atoms with van der Waals surface area (Å²) in [6.07, 6.45) is 3.73. The molecule has 118 valence electrons. The van der Waals surface area contributed by atoms with Crippen LogP contribution in [0, 0.1) is 0 Å². The molecule has 1 aliphatic rings. The second-order valence-electron chi connectivity index (χ2n) is 5.55. The van der Waals surface area contributed by atoms with Crippen LogP contribution in [-0.2, 0) is 11.2 Å². The number of amides is 1. The Morgan fingerprint density at radius 2 is 1.83 bits per heavy atom. The third-order valence-corrected chi connectivity index (χ3v) is 4.26.